The van der Waals surface area contributed by atoms with Crippen LogP contribution in [0.25, 0.3) is 0 Å². The van der Waals surface area contributed by atoms with Crippen LogP contribution in [0.2, 0.25) is 5.02 Å². The SMILES string of the molecule is O=C(CCSc1ccc(Cl)cc1)Nc1nnc(C(F)(F)F)s1. The molecule has 0 saturated heterocycles. The second-order valence-corrected chi connectivity index (χ2v) is 6.59. The zero-order chi connectivity index (χ0) is 16.2. The number of anilines is 1. The molecule has 0 atom stereocenters. The van der Waals surface area contributed by atoms with Gasteiger partial charge in [0.05, 0.1) is 0 Å². The summed E-state index contributed by atoms with van der Waals surface area (Å²) in [7, 11) is 0. The summed E-state index contributed by atoms with van der Waals surface area (Å²) in [6, 6.07) is 7.13. The second kappa shape index (κ2) is 7.30. The number of benzene rings is 1. The summed E-state index contributed by atoms with van der Waals surface area (Å²) < 4.78 is 37.0. The van der Waals surface area contributed by atoms with Crippen LogP contribution >= 0.6 is 34.7 Å². The standard InChI is InChI=1S/C12H9ClF3N3OS2/c13-7-1-3-8(4-2-7)21-6-5-9(20)17-11-19-18-10(22-11)12(14,15)16/h1-4H,5-6H2,(H,17,19,20). The van der Waals surface area contributed by atoms with Crippen molar-refractivity contribution >= 4 is 45.7 Å². The molecule has 1 amide bonds. The fourth-order valence-corrected chi connectivity index (χ4v) is 2.97. The smallest absolute Gasteiger partial charge is 0.300 e. The first-order valence-electron chi connectivity index (χ1n) is 5.93. The van der Waals surface area contributed by atoms with E-state index in [4.69, 9.17) is 11.6 Å². The van der Waals surface area contributed by atoms with Crippen LogP contribution in [0.3, 0.4) is 0 Å². The van der Waals surface area contributed by atoms with Gasteiger partial charge in [-0.2, -0.15) is 13.2 Å². The predicted molar refractivity (Wildman–Crippen MR) is 80.3 cm³/mol. The predicted octanol–water partition coefficient (Wildman–Crippen LogP) is 4.33. The lowest BCUT2D eigenvalue weighted by Gasteiger charge is -2.02. The van der Waals surface area contributed by atoms with E-state index in [2.05, 4.69) is 15.5 Å². The molecule has 118 valence electrons. The fourth-order valence-electron chi connectivity index (χ4n) is 1.36. The lowest BCUT2D eigenvalue weighted by atomic mass is 10.4. The van der Waals surface area contributed by atoms with Gasteiger partial charge in [-0.15, -0.1) is 22.0 Å². The van der Waals surface area contributed by atoms with Crippen LogP contribution in [0, 0.1) is 0 Å². The molecule has 0 unspecified atom stereocenters. The molecule has 1 heterocycles. The van der Waals surface area contributed by atoms with E-state index < -0.39 is 17.1 Å². The van der Waals surface area contributed by atoms with Crippen LogP contribution < -0.4 is 5.32 Å². The van der Waals surface area contributed by atoms with Gasteiger partial charge in [0.1, 0.15) is 0 Å². The molecule has 0 aliphatic rings. The Kier molecular flexibility index (Phi) is 5.65. The third-order valence-corrected chi connectivity index (χ3v) is 4.47. The van der Waals surface area contributed by atoms with Crippen molar-refractivity contribution in [1.29, 1.82) is 0 Å². The highest BCUT2D eigenvalue weighted by atomic mass is 35.5. The van der Waals surface area contributed by atoms with Crippen LogP contribution in [-0.2, 0) is 11.0 Å². The average Bonchev–Trinajstić information content (AvgIpc) is 2.89. The number of carbonyl (C=O) groups is 1. The maximum Gasteiger partial charge on any atom is 0.445 e. The Hall–Kier alpha value is -1.32. The molecular formula is C12H9ClF3N3OS2. The summed E-state index contributed by atoms with van der Waals surface area (Å²) in [5.74, 6) is 0.0737. The Labute approximate surface area is 137 Å². The Morgan fingerprint density at radius 1 is 1.27 bits per heavy atom. The number of rotatable bonds is 5. The highest BCUT2D eigenvalue weighted by molar-refractivity contribution is 7.99. The summed E-state index contributed by atoms with van der Waals surface area (Å²) >= 11 is 7.50. The summed E-state index contributed by atoms with van der Waals surface area (Å²) in [4.78, 5) is 12.6. The molecule has 10 heteroatoms. The molecule has 0 fully saturated rings. The maximum absolute atomic E-state index is 12.3. The lowest BCUT2D eigenvalue weighted by molar-refractivity contribution is -0.138. The number of alkyl halides is 3. The van der Waals surface area contributed by atoms with E-state index in [1.54, 1.807) is 12.1 Å². The molecule has 0 saturated carbocycles. The van der Waals surface area contributed by atoms with E-state index in [0.717, 1.165) is 4.90 Å². The number of carbonyl (C=O) groups excluding carboxylic acids is 1. The minimum atomic E-state index is -4.55. The Bertz CT molecular complexity index is 646. The van der Waals surface area contributed by atoms with Gasteiger partial charge in [-0.25, -0.2) is 0 Å². The van der Waals surface area contributed by atoms with Gasteiger partial charge in [-0.05, 0) is 24.3 Å². The van der Waals surface area contributed by atoms with Gasteiger partial charge in [-0.1, -0.05) is 22.9 Å². The Morgan fingerprint density at radius 2 is 1.95 bits per heavy atom. The number of halogens is 4. The van der Waals surface area contributed by atoms with Crippen LogP contribution in [0.5, 0.6) is 0 Å². The number of amides is 1. The van der Waals surface area contributed by atoms with Crippen LogP contribution in [0.4, 0.5) is 18.3 Å². The van der Waals surface area contributed by atoms with Crippen molar-refractivity contribution in [3.05, 3.63) is 34.3 Å². The van der Waals surface area contributed by atoms with Crippen molar-refractivity contribution in [2.24, 2.45) is 0 Å². The number of nitrogens with one attached hydrogen (secondary N) is 1. The molecule has 0 bridgehead atoms. The van der Waals surface area contributed by atoms with Gasteiger partial charge < -0.3 is 5.32 Å². The van der Waals surface area contributed by atoms with E-state index in [1.165, 1.54) is 11.8 Å². The van der Waals surface area contributed by atoms with Gasteiger partial charge in [0.15, 0.2) is 0 Å². The molecule has 22 heavy (non-hydrogen) atoms. The van der Waals surface area contributed by atoms with Gasteiger partial charge in [0.25, 0.3) is 0 Å². The average molecular weight is 368 g/mol. The summed E-state index contributed by atoms with van der Waals surface area (Å²) in [6.45, 7) is 0. The minimum absolute atomic E-state index is 0.147. The largest absolute Gasteiger partial charge is 0.445 e. The molecule has 2 rings (SSSR count). The van der Waals surface area contributed by atoms with Gasteiger partial charge in [-0.3, -0.25) is 4.79 Å². The molecule has 1 aromatic heterocycles. The Morgan fingerprint density at radius 3 is 2.55 bits per heavy atom. The zero-order valence-corrected chi connectivity index (χ0v) is 13.2. The van der Waals surface area contributed by atoms with Crippen molar-refractivity contribution in [2.75, 3.05) is 11.1 Å². The highest BCUT2D eigenvalue weighted by Crippen LogP contribution is 2.33. The topological polar surface area (TPSA) is 54.9 Å². The molecule has 0 spiro atoms. The molecule has 0 aliphatic heterocycles. The summed E-state index contributed by atoms with van der Waals surface area (Å²) in [6.07, 6.45) is -4.40. The highest BCUT2D eigenvalue weighted by Gasteiger charge is 2.35. The van der Waals surface area contributed by atoms with E-state index >= 15 is 0 Å². The third-order valence-electron chi connectivity index (χ3n) is 2.33. The van der Waals surface area contributed by atoms with Crippen molar-refractivity contribution in [3.8, 4) is 0 Å². The first-order chi connectivity index (χ1) is 10.3. The van der Waals surface area contributed by atoms with Gasteiger partial charge >= 0.3 is 6.18 Å². The number of hydrogen-bond donors (Lipinski definition) is 1. The van der Waals surface area contributed by atoms with Crippen LogP contribution in [-0.4, -0.2) is 21.9 Å². The molecule has 1 N–H and O–H groups in total. The van der Waals surface area contributed by atoms with E-state index in [0.29, 0.717) is 22.1 Å². The van der Waals surface area contributed by atoms with Gasteiger partial charge in [0.2, 0.25) is 16.0 Å². The number of aromatic nitrogens is 2. The summed E-state index contributed by atoms with van der Waals surface area (Å²) in [5.41, 5.74) is 0. The molecular weight excluding hydrogens is 359 g/mol. The molecule has 4 nitrogen and oxygen atoms in total. The van der Waals surface area contributed by atoms with Crippen molar-refractivity contribution in [3.63, 3.8) is 0 Å². The third kappa shape index (κ3) is 5.15. The van der Waals surface area contributed by atoms with Crippen molar-refractivity contribution in [1.82, 2.24) is 10.2 Å². The molecule has 1 aromatic carbocycles. The molecule has 0 aliphatic carbocycles. The van der Waals surface area contributed by atoms with E-state index in [-0.39, 0.29) is 11.6 Å². The second-order valence-electron chi connectivity index (χ2n) is 4.01. The fraction of sp³-hybridized carbons (Fsp3) is 0.250. The minimum Gasteiger partial charge on any atom is -0.300 e. The quantitative estimate of drug-likeness (QED) is 0.799. The molecule has 2 aromatic rings. The van der Waals surface area contributed by atoms with Crippen molar-refractivity contribution in [2.45, 2.75) is 17.5 Å². The first kappa shape index (κ1) is 17.0. The molecule has 0 radical (unpaired) electrons. The zero-order valence-electron chi connectivity index (χ0n) is 10.9. The number of thioether (sulfide) groups is 1. The normalized spacial score (nSPS) is 11.5. The number of nitrogens with zero attached hydrogens (tertiary/aromatic N) is 2. The van der Waals surface area contributed by atoms with E-state index in [1.807, 2.05) is 12.1 Å². The van der Waals surface area contributed by atoms with Gasteiger partial charge in [0, 0.05) is 22.1 Å². The number of hydrogen-bond acceptors (Lipinski definition) is 5. The van der Waals surface area contributed by atoms with Crippen molar-refractivity contribution < 1.29 is 18.0 Å². The Balaban J connectivity index is 1.78. The lowest BCUT2D eigenvalue weighted by Crippen LogP contribution is -2.11. The first-order valence-corrected chi connectivity index (χ1v) is 8.11. The maximum atomic E-state index is 12.3. The van der Waals surface area contributed by atoms with Crippen LogP contribution in [0.1, 0.15) is 11.4 Å². The summed E-state index contributed by atoms with van der Waals surface area (Å²) in [5, 5.41) is 7.96. The monoisotopic (exact) mass is 367 g/mol. The van der Waals surface area contributed by atoms with E-state index in [9.17, 15) is 18.0 Å². The van der Waals surface area contributed by atoms with Crippen LogP contribution in [0.15, 0.2) is 29.2 Å².